The molecule has 0 aromatic heterocycles. The fourth-order valence-corrected chi connectivity index (χ4v) is 4.99. The lowest BCUT2D eigenvalue weighted by molar-refractivity contribution is 0.477. The lowest BCUT2D eigenvalue weighted by Gasteiger charge is -2.13. The van der Waals surface area contributed by atoms with Gasteiger partial charge in [-0.2, -0.15) is 0 Å². The van der Waals surface area contributed by atoms with Crippen molar-refractivity contribution in [1.29, 1.82) is 0 Å². The van der Waals surface area contributed by atoms with Crippen molar-refractivity contribution in [2.45, 2.75) is 104 Å². The zero-order valence-electron chi connectivity index (χ0n) is 22.2. The van der Waals surface area contributed by atoms with Crippen LogP contribution >= 0.6 is 0 Å². The fraction of sp³-hybridized carbons (Fsp3) is 0.471. The average Bonchev–Trinajstić information content (AvgIpc) is 2.89. The number of rotatable bonds is 16. The highest BCUT2D eigenvalue weighted by Crippen LogP contribution is 2.38. The van der Waals surface area contributed by atoms with Crippen LogP contribution in [0.5, 0.6) is 5.75 Å². The molecule has 0 unspecified atom stereocenters. The number of aryl methyl sites for hydroxylation is 2. The minimum Gasteiger partial charge on any atom is -0.507 e. The topological polar surface area (TPSA) is 20.2 Å². The molecule has 0 aliphatic carbocycles. The van der Waals surface area contributed by atoms with Gasteiger partial charge in [-0.05, 0) is 59.6 Å². The van der Waals surface area contributed by atoms with E-state index < -0.39 is 0 Å². The molecule has 0 fully saturated rings. The van der Waals surface area contributed by atoms with Gasteiger partial charge in [0.1, 0.15) is 5.75 Å². The fourth-order valence-electron chi connectivity index (χ4n) is 4.99. The van der Waals surface area contributed by atoms with E-state index in [0.29, 0.717) is 5.75 Å². The summed E-state index contributed by atoms with van der Waals surface area (Å²) >= 11 is 0. The summed E-state index contributed by atoms with van der Waals surface area (Å²) in [6.45, 7) is 4.54. The highest BCUT2D eigenvalue weighted by Gasteiger charge is 2.12. The normalized spacial score (nSPS) is 11.1. The van der Waals surface area contributed by atoms with Crippen LogP contribution in [0.2, 0.25) is 0 Å². The number of hydrogen-bond acceptors (Lipinski definition) is 1. The van der Waals surface area contributed by atoms with Crippen LogP contribution in [0.1, 0.15) is 102 Å². The quantitative estimate of drug-likeness (QED) is 0.206. The number of benzene rings is 3. The van der Waals surface area contributed by atoms with E-state index in [1.54, 1.807) is 6.07 Å². The molecule has 0 bridgehead atoms. The van der Waals surface area contributed by atoms with Gasteiger partial charge in [-0.25, -0.2) is 0 Å². The zero-order valence-corrected chi connectivity index (χ0v) is 22.2. The summed E-state index contributed by atoms with van der Waals surface area (Å²) in [6, 6.07) is 23.7. The first-order valence-corrected chi connectivity index (χ1v) is 14.2. The highest BCUT2D eigenvalue weighted by molar-refractivity contribution is 5.87. The third kappa shape index (κ3) is 8.88. The first kappa shape index (κ1) is 27.1. The molecule has 0 radical (unpaired) electrons. The van der Waals surface area contributed by atoms with Gasteiger partial charge in [0, 0.05) is 5.56 Å². The third-order valence-corrected chi connectivity index (χ3v) is 7.19. The van der Waals surface area contributed by atoms with E-state index >= 15 is 0 Å². The van der Waals surface area contributed by atoms with Crippen molar-refractivity contribution >= 4 is 0 Å². The van der Waals surface area contributed by atoms with Crippen LogP contribution in [-0.4, -0.2) is 5.11 Å². The molecule has 0 spiro atoms. The van der Waals surface area contributed by atoms with Gasteiger partial charge in [-0.1, -0.05) is 139 Å². The Hall–Kier alpha value is -2.54. The molecule has 0 aliphatic rings. The predicted octanol–water partition coefficient (Wildman–Crippen LogP) is 10.5. The van der Waals surface area contributed by atoms with Gasteiger partial charge in [-0.3, -0.25) is 0 Å². The van der Waals surface area contributed by atoms with Gasteiger partial charge >= 0.3 is 0 Å². The van der Waals surface area contributed by atoms with Crippen molar-refractivity contribution < 1.29 is 5.11 Å². The predicted molar refractivity (Wildman–Crippen MR) is 153 cm³/mol. The highest BCUT2D eigenvalue weighted by atomic mass is 16.3. The van der Waals surface area contributed by atoms with Gasteiger partial charge in [0.2, 0.25) is 0 Å². The number of unbranched alkanes of at least 4 members (excludes halogenated alkanes) is 10. The van der Waals surface area contributed by atoms with E-state index in [4.69, 9.17) is 0 Å². The van der Waals surface area contributed by atoms with E-state index in [2.05, 4.69) is 68.4 Å². The van der Waals surface area contributed by atoms with Crippen molar-refractivity contribution in [3.05, 3.63) is 77.9 Å². The zero-order chi connectivity index (χ0) is 24.7. The van der Waals surface area contributed by atoms with Crippen molar-refractivity contribution in [2.75, 3.05) is 0 Å². The molecule has 188 valence electrons. The molecule has 3 rings (SSSR count). The molecule has 35 heavy (non-hydrogen) atoms. The molecule has 3 aromatic rings. The SMILES string of the molecule is CCCCCCCCc1ccc(-c2cccc(O)c2-c2ccc(CCCCCCCC)cc2)cc1. The van der Waals surface area contributed by atoms with E-state index in [0.717, 1.165) is 29.5 Å². The molecular formula is C34H46O. The molecule has 0 amide bonds. The summed E-state index contributed by atoms with van der Waals surface area (Å²) in [5.41, 5.74) is 7.08. The van der Waals surface area contributed by atoms with Crippen molar-refractivity contribution in [1.82, 2.24) is 0 Å². The van der Waals surface area contributed by atoms with E-state index in [1.165, 1.54) is 93.7 Å². The molecule has 0 saturated carbocycles. The summed E-state index contributed by atoms with van der Waals surface area (Å²) < 4.78 is 0. The standard InChI is InChI=1S/C34H46O/c1-3-5-7-9-11-13-16-28-20-24-30(25-21-28)32-18-15-19-33(35)34(32)31-26-22-29(23-27-31)17-14-12-10-8-6-4-2/h15,18-27,35H,3-14,16-17H2,1-2H3. The van der Waals surface area contributed by atoms with Crippen LogP contribution in [-0.2, 0) is 12.8 Å². The summed E-state index contributed by atoms with van der Waals surface area (Å²) in [5.74, 6) is 0.349. The van der Waals surface area contributed by atoms with E-state index in [1.807, 2.05) is 6.07 Å². The molecule has 0 saturated heterocycles. The van der Waals surface area contributed by atoms with Gasteiger partial charge in [0.05, 0.1) is 0 Å². The maximum Gasteiger partial charge on any atom is 0.124 e. The van der Waals surface area contributed by atoms with E-state index in [-0.39, 0.29) is 0 Å². The smallest absolute Gasteiger partial charge is 0.124 e. The average molecular weight is 471 g/mol. The number of aromatic hydroxyl groups is 1. The van der Waals surface area contributed by atoms with Gasteiger partial charge in [0.15, 0.2) is 0 Å². The van der Waals surface area contributed by atoms with Crippen LogP contribution < -0.4 is 0 Å². The van der Waals surface area contributed by atoms with E-state index in [9.17, 15) is 5.11 Å². The van der Waals surface area contributed by atoms with Gasteiger partial charge in [-0.15, -0.1) is 0 Å². The summed E-state index contributed by atoms with van der Waals surface area (Å²) in [5, 5.41) is 10.8. The Balaban J connectivity index is 1.62. The first-order valence-electron chi connectivity index (χ1n) is 14.2. The second kappa shape index (κ2) is 15.5. The number of phenolic OH excluding ortho intramolecular Hbond substituents is 1. The minimum absolute atomic E-state index is 0.349. The lowest BCUT2D eigenvalue weighted by Crippen LogP contribution is -1.90. The summed E-state index contributed by atoms with van der Waals surface area (Å²) in [7, 11) is 0. The van der Waals surface area contributed by atoms with Crippen LogP contribution in [0.25, 0.3) is 22.3 Å². The van der Waals surface area contributed by atoms with Crippen molar-refractivity contribution in [3.63, 3.8) is 0 Å². The number of phenols is 1. The van der Waals surface area contributed by atoms with Gasteiger partial charge < -0.3 is 5.11 Å². The second-order valence-electron chi connectivity index (χ2n) is 10.1. The first-order chi connectivity index (χ1) is 17.2. The largest absolute Gasteiger partial charge is 0.507 e. The Morgan fingerprint density at radius 1 is 0.486 bits per heavy atom. The minimum atomic E-state index is 0.349. The summed E-state index contributed by atoms with van der Waals surface area (Å²) in [4.78, 5) is 0. The molecule has 0 atom stereocenters. The van der Waals surface area contributed by atoms with Crippen LogP contribution in [0.3, 0.4) is 0 Å². The molecule has 1 heteroatoms. The third-order valence-electron chi connectivity index (χ3n) is 7.19. The molecular weight excluding hydrogens is 424 g/mol. The molecule has 3 aromatic carbocycles. The maximum absolute atomic E-state index is 10.8. The Bertz CT molecular complexity index is 968. The van der Waals surface area contributed by atoms with Crippen LogP contribution in [0, 0.1) is 0 Å². The Kier molecular flexibility index (Phi) is 11.9. The Morgan fingerprint density at radius 2 is 0.943 bits per heavy atom. The monoisotopic (exact) mass is 470 g/mol. The second-order valence-corrected chi connectivity index (χ2v) is 10.1. The Morgan fingerprint density at radius 3 is 1.46 bits per heavy atom. The van der Waals surface area contributed by atoms with Crippen molar-refractivity contribution in [3.8, 4) is 28.0 Å². The molecule has 0 aliphatic heterocycles. The Labute approximate surface area is 214 Å². The molecule has 1 nitrogen and oxygen atoms in total. The maximum atomic E-state index is 10.8. The molecule has 0 heterocycles. The molecule has 1 N–H and O–H groups in total. The number of hydrogen-bond donors (Lipinski definition) is 1. The summed E-state index contributed by atoms with van der Waals surface area (Å²) in [6.07, 6.45) is 18.3. The van der Waals surface area contributed by atoms with Crippen LogP contribution in [0.4, 0.5) is 0 Å². The van der Waals surface area contributed by atoms with Crippen molar-refractivity contribution in [2.24, 2.45) is 0 Å². The lowest BCUT2D eigenvalue weighted by atomic mass is 9.92. The van der Waals surface area contributed by atoms with Gasteiger partial charge in [0.25, 0.3) is 0 Å². The van der Waals surface area contributed by atoms with Crippen LogP contribution in [0.15, 0.2) is 66.7 Å².